The normalized spacial score (nSPS) is 22.5. The third kappa shape index (κ3) is 3.53. The average molecular weight is 376 g/mol. The Bertz CT molecular complexity index is 906. The van der Waals surface area contributed by atoms with Crippen molar-refractivity contribution in [3.05, 3.63) is 59.4 Å². The Hall–Kier alpha value is -3.07. The second-order valence-electron chi connectivity index (χ2n) is 7.77. The third-order valence-corrected chi connectivity index (χ3v) is 5.52. The number of nitrogens with one attached hydrogen (secondary N) is 1. The van der Waals surface area contributed by atoms with E-state index in [4.69, 9.17) is 4.74 Å². The molecule has 6 nitrogen and oxygen atoms in total. The van der Waals surface area contributed by atoms with Crippen molar-refractivity contribution in [1.82, 2.24) is 10.3 Å². The van der Waals surface area contributed by atoms with Gasteiger partial charge < -0.3 is 15.0 Å². The van der Waals surface area contributed by atoms with Gasteiger partial charge in [-0.05, 0) is 62.6 Å². The number of benzene rings is 1. The van der Waals surface area contributed by atoms with Crippen molar-refractivity contribution in [3.8, 4) is 6.07 Å². The number of pyridine rings is 1. The predicted octanol–water partition coefficient (Wildman–Crippen LogP) is 3.72. The number of aromatic nitrogens is 1. The van der Waals surface area contributed by atoms with Gasteiger partial charge in [0.25, 0.3) is 0 Å². The summed E-state index contributed by atoms with van der Waals surface area (Å²) in [7, 11) is 0. The third-order valence-electron chi connectivity index (χ3n) is 5.52. The molecule has 144 valence electrons. The van der Waals surface area contributed by atoms with Gasteiger partial charge in [-0.2, -0.15) is 5.26 Å². The van der Waals surface area contributed by atoms with Crippen LogP contribution in [0.1, 0.15) is 49.4 Å². The summed E-state index contributed by atoms with van der Waals surface area (Å²) >= 11 is 0. The fraction of sp³-hybridized carbons (Fsp3) is 0.409. The molecule has 1 aliphatic carbocycles. The van der Waals surface area contributed by atoms with Crippen molar-refractivity contribution in [3.63, 3.8) is 0 Å². The van der Waals surface area contributed by atoms with E-state index >= 15 is 0 Å². The van der Waals surface area contributed by atoms with Crippen molar-refractivity contribution in [1.29, 1.82) is 5.26 Å². The molecule has 2 heterocycles. The summed E-state index contributed by atoms with van der Waals surface area (Å²) in [6, 6.07) is 14.4. The summed E-state index contributed by atoms with van der Waals surface area (Å²) < 4.78 is 5.25. The maximum Gasteiger partial charge on any atom is 0.407 e. The van der Waals surface area contributed by atoms with E-state index in [0.29, 0.717) is 12.1 Å². The number of rotatable bonds is 4. The van der Waals surface area contributed by atoms with Crippen LogP contribution in [0.4, 0.5) is 10.5 Å². The summed E-state index contributed by atoms with van der Waals surface area (Å²) in [5.74, 6) is 0.288. The molecule has 3 atom stereocenters. The van der Waals surface area contributed by atoms with Crippen molar-refractivity contribution in [2.75, 3.05) is 4.90 Å². The lowest BCUT2D eigenvalue weighted by atomic mass is 9.96. The molecular weight excluding hydrogens is 352 g/mol. The number of fused-ring (bicyclic) bond motifs is 3. The number of anilines is 1. The highest BCUT2D eigenvalue weighted by Crippen LogP contribution is 2.50. The van der Waals surface area contributed by atoms with Crippen LogP contribution >= 0.6 is 0 Å². The smallest absolute Gasteiger partial charge is 0.407 e. The minimum Gasteiger partial charge on any atom is -0.447 e. The zero-order chi connectivity index (χ0) is 19.7. The number of nitriles is 1. The van der Waals surface area contributed by atoms with Crippen molar-refractivity contribution in [2.45, 2.75) is 57.3 Å². The van der Waals surface area contributed by atoms with Gasteiger partial charge in [-0.15, -0.1) is 0 Å². The topological polar surface area (TPSA) is 78.2 Å². The molecule has 1 saturated carbocycles. The number of ether oxygens (including phenoxy) is 1. The largest absolute Gasteiger partial charge is 0.447 e. The summed E-state index contributed by atoms with van der Waals surface area (Å²) in [4.78, 5) is 18.9. The molecule has 0 spiro atoms. The van der Waals surface area contributed by atoms with E-state index in [1.165, 1.54) is 11.3 Å². The molecule has 1 N–H and O–H groups in total. The molecule has 2 aliphatic rings. The summed E-state index contributed by atoms with van der Waals surface area (Å²) in [6.45, 7) is 4.40. The van der Waals surface area contributed by atoms with Gasteiger partial charge in [0.15, 0.2) is 0 Å². The lowest BCUT2D eigenvalue weighted by Crippen LogP contribution is -2.37. The van der Waals surface area contributed by atoms with Gasteiger partial charge in [0.05, 0.1) is 30.0 Å². The van der Waals surface area contributed by atoms with Crippen LogP contribution in [-0.2, 0) is 11.3 Å². The summed E-state index contributed by atoms with van der Waals surface area (Å²) in [6.07, 6.45) is 3.01. The van der Waals surface area contributed by atoms with E-state index in [0.717, 1.165) is 18.5 Å². The minimum absolute atomic E-state index is 0.0615. The van der Waals surface area contributed by atoms with Crippen molar-refractivity contribution in [2.24, 2.45) is 0 Å². The summed E-state index contributed by atoms with van der Waals surface area (Å²) in [5, 5.41) is 12.3. The lowest BCUT2D eigenvalue weighted by Gasteiger charge is -2.27. The van der Waals surface area contributed by atoms with E-state index in [-0.39, 0.29) is 30.2 Å². The number of hydrogen-bond donors (Lipinski definition) is 1. The first-order valence-corrected chi connectivity index (χ1v) is 9.73. The first-order chi connectivity index (χ1) is 13.5. The number of alkyl carbamates (subject to hydrolysis) is 1. The molecule has 0 radical (unpaired) electrons. The molecule has 28 heavy (non-hydrogen) atoms. The molecule has 1 aromatic heterocycles. The van der Waals surface area contributed by atoms with Crippen LogP contribution in [0.2, 0.25) is 0 Å². The first kappa shape index (κ1) is 18.3. The van der Waals surface area contributed by atoms with Crippen LogP contribution in [-0.4, -0.2) is 29.3 Å². The molecule has 0 saturated heterocycles. The Morgan fingerprint density at radius 2 is 2.21 bits per heavy atom. The fourth-order valence-corrected chi connectivity index (χ4v) is 4.46. The van der Waals surface area contributed by atoms with Crippen LogP contribution in [0.3, 0.4) is 0 Å². The molecule has 4 rings (SSSR count). The molecular formula is C22H24N4O2. The highest BCUT2D eigenvalue weighted by atomic mass is 16.6. The number of carbonyl (C=O) groups excluding carboxylic acids is 1. The van der Waals surface area contributed by atoms with E-state index < -0.39 is 0 Å². The van der Waals surface area contributed by atoms with E-state index in [9.17, 15) is 10.1 Å². The lowest BCUT2D eigenvalue weighted by molar-refractivity contribution is 0.112. The van der Waals surface area contributed by atoms with Gasteiger partial charge in [0.2, 0.25) is 0 Å². The molecule has 1 aliphatic heterocycles. The molecule has 2 aromatic rings. The Morgan fingerprint density at radius 3 is 2.93 bits per heavy atom. The van der Waals surface area contributed by atoms with Crippen molar-refractivity contribution >= 4 is 11.8 Å². The number of nitrogens with zero attached hydrogens (tertiary/aromatic N) is 3. The van der Waals surface area contributed by atoms with Gasteiger partial charge in [-0.1, -0.05) is 6.07 Å². The Balaban J connectivity index is 1.59. The molecule has 0 bridgehead atoms. The quantitative estimate of drug-likeness (QED) is 0.880. The van der Waals surface area contributed by atoms with Gasteiger partial charge in [-0.25, -0.2) is 4.79 Å². The van der Waals surface area contributed by atoms with Crippen LogP contribution < -0.4 is 10.2 Å². The predicted molar refractivity (Wildman–Crippen MR) is 106 cm³/mol. The fourth-order valence-electron chi connectivity index (χ4n) is 4.46. The molecule has 1 aromatic carbocycles. The maximum absolute atomic E-state index is 12.0. The Morgan fingerprint density at radius 1 is 1.36 bits per heavy atom. The zero-order valence-corrected chi connectivity index (χ0v) is 16.1. The SMILES string of the molecule is CC(C)OC(=O)NC1CC2c3cc(C#N)ccc3N(Cc3ccccn3)C2C1. The van der Waals surface area contributed by atoms with Crippen LogP contribution in [0.15, 0.2) is 42.6 Å². The summed E-state index contributed by atoms with van der Waals surface area (Å²) in [5.41, 5.74) is 4.05. The molecule has 3 unspecified atom stereocenters. The monoisotopic (exact) mass is 376 g/mol. The second-order valence-corrected chi connectivity index (χ2v) is 7.77. The van der Waals surface area contributed by atoms with Gasteiger partial charge in [0.1, 0.15) is 0 Å². The molecule has 6 heteroatoms. The average Bonchev–Trinajstić information content (AvgIpc) is 3.19. The number of amides is 1. The van der Waals surface area contributed by atoms with Gasteiger partial charge in [-0.3, -0.25) is 4.98 Å². The Kier molecular flexibility index (Phi) is 4.91. The van der Waals surface area contributed by atoms with E-state index in [2.05, 4.69) is 21.3 Å². The molecule has 1 amide bonds. The van der Waals surface area contributed by atoms with Crippen LogP contribution in [0, 0.1) is 11.3 Å². The van der Waals surface area contributed by atoms with E-state index in [1.54, 1.807) is 0 Å². The van der Waals surface area contributed by atoms with Gasteiger partial charge >= 0.3 is 6.09 Å². The second kappa shape index (κ2) is 7.51. The van der Waals surface area contributed by atoms with Crippen molar-refractivity contribution < 1.29 is 9.53 Å². The maximum atomic E-state index is 12.0. The number of carbonyl (C=O) groups is 1. The minimum atomic E-state index is -0.359. The number of hydrogen-bond acceptors (Lipinski definition) is 5. The highest BCUT2D eigenvalue weighted by molar-refractivity contribution is 5.69. The van der Waals surface area contributed by atoms with Gasteiger partial charge in [0, 0.05) is 29.9 Å². The molecule has 1 fully saturated rings. The van der Waals surface area contributed by atoms with E-state index in [1.807, 2.05) is 56.4 Å². The highest BCUT2D eigenvalue weighted by Gasteiger charge is 2.46. The standard InChI is InChI=1S/C22H24N4O2/c1-14(2)28-22(27)25-17-10-19-18-9-15(12-23)6-7-20(18)26(21(19)11-17)13-16-5-3-4-8-24-16/h3-9,14,17,19,21H,10-11,13H2,1-2H3,(H,25,27). The first-order valence-electron chi connectivity index (χ1n) is 9.73. The zero-order valence-electron chi connectivity index (χ0n) is 16.1. The Labute approximate surface area is 165 Å². The van der Waals surface area contributed by atoms with Crippen LogP contribution in [0.25, 0.3) is 0 Å². The van der Waals surface area contributed by atoms with Crippen LogP contribution in [0.5, 0.6) is 0 Å².